The maximum Gasteiger partial charge on any atom is 0.237 e. The van der Waals surface area contributed by atoms with Gasteiger partial charge < -0.3 is 5.32 Å². The minimum Gasteiger partial charge on any atom is -0.351 e. The van der Waals surface area contributed by atoms with Crippen molar-refractivity contribution in [3.63, 3.8) is 0 Å². The minimum absolute atomic E-state index is 0.108. The Bertz CT molecular complexity index is 370. The summed E-state index contributed by atoms with van der Waals surface area (Å²) in [4.78, 5) is 11.5. The van der Waals surface area contributed by atoms with E-state index in [1.807, 2.05) is 13.0 Å². The molecule has 1 N–H and O–H groups in total. The van der Waals surface area contributed by atoms with Gasteiger partial charge in [-0.1, -0.05) is 13.3 Å². The third-order valence-corrected chi connectivity index (χ3v) is 3.10. The van der Waals surface area contributed by atoms with Gasteiger partial charge in [-0.05, 0) is 13.3 Å². The number of carbonyl (C=O) groups is 1. The molecule has 0 radical (unpaired) electrons. The van der Waals surface area contributed by atoms with Gasteiger partial charge in [-0.25, -0.2) is 8.42 Å². The van der Waals surface area contributed by atoms with Crippen molar-refractivity contribution in [2.45, 2.75) is 32.7 Å². The zero-order chi connectivity index (χ0) is 12.8. The average molecular weight is 246 g/mol. The minimum atomic E-state index is -3.11. The van der Waals surface area contributed by atoms with Gasteiger partial charge in [0, 0.05) is 12.3 Å². The first-order valence-electron chi connectivity index (χ1n) is 5.17. The van der Waals surface area contributed by atoms with Crippen LogP contribution in [0, 0.1) is 17.2 Å². The first-order chi connectivity index (χ1) is 7.30. The number of hydrogen-bond donors (Lipinski definition) is 1. The van der Waals surface area contributed by atoms with Gasteiger partial charge >= 0.3 is 0 Å². The molecule has 16 heavy (non-hydrogen) atoms. The molecule has 2 atom stereocenters. The molecule has 6 heteroatoms. The molecule has 0 aromatic heterocycles. The number of carbonyl (C=O) groups excluding carboxylic acids is 1. The largest absolute Gasteiger partial charge is 0.351 e. The summed E-state index contributed by atoms with van der Waals surface area (Å²) in [7, 11) is -3.11. The number of hydrogen-bond acceptors (Lipinski definition) is 4. The Morgan fingerprint density at radius 2 is 2.06 bits per heavy atom. The number of sulfone groups is 1. The van der Waals surface area contributed by atoms with E-state index in [4.69, 9.17) is 5.26 Å². The van der Waals surface area contributed by atoms with E-state index in [-0.39, 0.29) is 11.7 Å². The molecular formula is C10H18N2O3S. The van der Waals surface area contributed by atoms with Crippen LogP contribution >= 0.6 is 0 Å². The predicted octanol–water partition coefficient (Wildman–Crippen LogP) is 0.476. The molecular weight excluding hydrogens is 228 g/mol. The summed E-state index contributed by atoms with van der Waals surface area (Å²) in [6, 6.07) is 1.45. The first kappa shape index (κ1) is 14.9. The zero-order valence-electron chi connectivity index (χ0n) is 9.86. The molecule has 0 bridgehead atoms. The Morgan fingerprint density at radius 1 is 1.50 bits per heavy atom. The second-order valence-corrected chi connectivity index (χ2v) is 6.16. The molecule has 0 fully saturated rings. The fourth-order valence-electron chi connectivity index (χ4n) is 1.38. The quantitative estimate of drug-likeness (QED) is 0.738. The van der Waals surface area contributed by atoms with Gasteiger partial charge in [0.2, 0.25) is 5.91 Å². The molecule has 0 aromatic rings. The molecule has 0 rings (SSSR count). The van der Waals surface area contributed by atoms with Crippen LogP contribution < -0.4 is 5.32 Å². The highest BCUT2D eigenvalue weighted by Gasteiger charge is 2.20. The lowest BCUT2D eigenvalue weighted by Crippen LogP contribution is -2.40. The summed E-state index contributed by atoms with van der Waals surface area (Å²) in [6.45, 7) is 3.50. The Labute approximate surface area is 96.8 Å². The van der Waals surface area contributed by atoms with Crippen LogP contribution in [0.5, 0.6) is 0 Å². The van der Waals surface area contributed by atoms with Crippen LogP contribution in [0.4, 0.5) is 0 Å². The van der Waals surface area contributed by atoms with E-state index >= 15 is 0 Å². The van der Waals surface area contributed by atoms with Crippen LogP contribution in [-0.4, -0.2) is 32.4 Å². The third kappa shape index (κ3) is 6.40. The van der Waals surface area contributed by atoms with E-state index in [2.05, 4.69) is 5.32 Å². The fraction of sp³-hybridized carbons (Fsp3) is 0.800. The van der Waals surface area contributed by atoms with Gasteiger partial charge in [0.1, 0.15) is 15.8 Å². The molecule has 2 unspecified atom stereocenters. The highest BCUT2D eigenvalue weighted by atomic mass is 32.2. The van der Waals surface area contributed by atoms with Crippen LogP contribution in [0.15, 0.2) is 0 Å². The standard InChI is InChI=1S/C10H18N2O3S/c1-4-5-9(6-11)10(13)12-8(2)7-16(3,14)15/h8-9H,4-5,7H2,1-3H3,(H,12,13). The molecule has 0 spiro atoms. The summed E-state index contributed by atoms with van der Waals surface area (Å²) < 4.78 is 21.9. The average Bonchev–Trinajstić information content (AvgIpc) is 2.10. The van der Waals surface area contributed by atoms with Crippen LogP contribution in [0.1, 0.15) is 26.7 Å². The summed E-state index contributed by atoms with van der Waals surface area (Å²) in [6.07, 6.45) is 2.35. The lowest BCUT2D eigenvalue weighted by atomic mass is 10.0. The normalized spacial score (nSPS) is 14.9. The van der Waals surface area contributed by atoms with Crippen LogP contribution in [0.25, 0.3) is 0 Å². The Kier molecular flexibility index (Phi) is 6.04. The number of nitriles is 1. The second-order valence-electron chi connectivity index (χ2n) is 3.97. The lowest BCUT2D eigenvalue weighted by molar-refractivity contribution is -0.124. The molecule has 0 aliphatic rings. The zero-order valence-corrected chi connectivity index (χ0v) is 10.7. The maximum atomic E-state index is 11.5. The maximum absolute atomic E-state index is 11.5. The molecule has 0 aliphatic carbocycles. The van der Waals surface area contributed by atoms with Crippen LogP contribution in [0.3, 0.4) is 0 Å². The van der Waals surface area contributed by atoms with Gasteiger partial charge in [0.25, 0.3) is 0 Å². The summed E-state index contributed by atoms with van der Waals surface area (Å²) in [5.41, 5.74) is 0. The molecule has 0 heterocycles. The van der Waals surface area contributed by atoms with E-state index in [0.29, 0.717) is 6.42 Å². The molecule has 5 nitrogen and oxygen atoms in total. The molecule has 0 saturated carbocycles. The van der Waals surface area contributed by atoms with Crippen LogP contribution in [-0.2, 0) is 14.6 Å². The molecule has 1 amide bonds. The summed E-state index contributed by atoms with van der Waals surface area (Å²) in [5, 5.41) is 11.3. The van der Waals surface area contributed by atoms with Gasteiger partial charge in [0.15, 0.2) is 0 Å². The van der Waals surface area contributed by atoms with Gasteiger partial charge in [-0.2, -0.15) is 5.26 Å². The number of nitrogens with zero attached hydrogens (tertiary/aromatic N) is 1. The summed E-state index contributed by atoms with van der Waals surface area (Å²) in [5.74, 6) is -1.18. The van der Waals surface area contributed by atoms with Crippen molar-refractivity contribution in [2.24, 2.45) is 5.92 Å². The van der Waals surface area contributed by atoms with Crippen molar-refractivity contribution in [2.75, 3.05) is 12.0 Å². The lowest BCUT2D eigenvalue weighted by Gasteiger charge is -2.15. The monoisotopic (exact) mass is 246 g/mol. The molecule has 0 aromatic carbocycles. The van der Waals surface area contributed by atoms with Crippen molar-refractivity contribution in [1.82, 2.24) is 5.32 Å². The van der Waals surface area contributed by atoms with Crippen molar-refractivity contribution in [3.05, 3.63) is 0 Å². The molecule has 0 saturated heterocycles. The molecule has 0 aliphatic heterocycles. The fourth-order valence-corrected chi connectivity index (χ4v) is 2.37. The number of nitrogens with one attached hydrogen (secondary N) is 1. The second kappa shape index (κ2) is 6.48. The smallest absolute Gasteiger partial charge is 0.237 e. The number of rotatable bonds is 6. The van der Waals surface area contributed by atoms with Crippen molar-refractivity contribution >= 4 is 15.7 Å². The predicted molar refractivity (Wildman–Crippen MR) is 61.3 cm³/mol. The SMILES string of the molecule is CCCC(C#N)C(=O)NC(C)CS(C)(=O)=O. The first-order valence-corrected chi connectivity index (χ1v) is 7.24. The Balaban J connectivity index is 4.29. The topological polar surface area (TPSA) is 87.0 Å². The van der Waals surface area contributed by atoms with E-state index in [1.165, 1.54) is 0 Å². The van der Waals surface area contributed by atoms with E-state index < -0.39 is 21.8 Å². The van der Waals surface area contributed by atoms with Crippen molar-refractivity contribution in [1.29, 1.82) is 5.26 Å². The van der Waals surface area contributed by atoms with Gasteiger partial charge in [0.05, 0.1) is 11.8 Å². The Hall–Kier alpha value is -1.09. The Morgan fingerprint density at radius 3 is 2.44 bits per heavy atom. The summed E-state index contributed by atoms with van der Waals surface area (Å²) >= 11 is 0. The highest BCUT2D eigenvalue weighted by Crippen LogP contribution is 2.05. The van der Waals surface area contributed by atoms with E-state index in [0.717, 1.165) is 12.7 Å². The van der Waals surface area contributed by atoms with Gasteiger partial charge in [-0.15, -0.1) is 0 Å². The van der Waals surface area contributed by atoms with Gasteiger partial charge in [-0.3, -0.25) is 4.79 Å². The van der Waals surface area contributed by atoms with Crippen molar-refractivity contribution < 1.29 is 13.2 Å². The third-order valence-electron chi connectivity index (χ3n) is 1.99. The van der Waals surface area contributed by atoms with E-state index in [9.17, 15) is 13.2 Å². The van der Waals surface area contributed by atoms with Crippen LogP contribution in [0.2, 0.25) is 0 Å². The molecule has 92 valence electrons. The van der Waals surface area contributed by atoms with Crippen molar-refractivity contribution in [3.8, 4) is 6.07 Å². The number of amides is 1. The van der Waals surface area contributed by atoms with E-state index in [1.54, 1.807) is 6.92 Å². The highest BCUT2D eigenvalue weighted by molar-refractivity contribution is 7.90.